The van der Waals surface area contributed by atoms with Crippen LogP contribution >= 0.6 is 11.6 Å². The molecule has 1 aromatic carbocycles. The SMILES string of the molecule is Cc1cc2[nH]c(Cl)nc2c(C(F)F)c1C. The second kappa shape index (κ2) is 3.45. The molecule has 0 aliphatic rings. The molecule has 2 nitrogen and oxygen atoms in total. The number of fused-ring (bicyclic) bond motifs is 1. The lowest BCUT2D eigenvalue weighted by Gasteiger charge is -2.08. The zero-order valence-corrected chi connectivity index (χ0v) is 8.99. The Labute approximate surface area is 90.3 Å². The number of imidazole rings is 1. The molecule has 2 aromatic rings. The summed E-state index contributed by atoms with van der Waals surface area (Å²) in [5.41, 5.74) is 2.16. The lowest BCUT2D eigenvalue weighted by Crippen LogP contribution is -1.94. The summed E-state index contributed by atoms with van der Waals surface area (Å²) in [6.07, 6.45) is -2.54. The average Bonchev–Trinajstić information content (AvgIpc) is 2.46. The Morgan fingerprint density at radius 2 is 2.07 bits per heavy atom. The van der Waals surface area contributed by atoms with Crippen LogP contribution in [0, 0.1) is 13.8 Å². The quantitative estimate of drug-likeness (QED) is 0.794. The van der Waals surface area contributed by atoms with Gasteiger partial charge in [0, 0.05) is 5.56 Å². The minimum atomic E-state index is -2.54. The number of nitrogens with one attached hydrogen (secondary N) is 1. The van der Waals surface area contributed by atoms with Crippen molar-refractivity contribution in [3.05, 3.63) is 28.0 Å². The van der Waals surface area contributed by atoms with Crippen molar-refractivity contribution >= 4 is 22.6 Å². The van der Waals surface area contributed by atoms with E-state index in [4.69, 9.17) is 11.6 Å². The Hall–Kier alpha value is -1.16. The van der Waals surface area contributed by atoms with Crippen LogP contribution in [-0.2, 0) is 0 Å². The highest BCUT2D eigenvalue weighted by Gasteiger charge is 2.19. The zero-order valence-electron chi connectivity index (χ0n) is 8.24. The molecular formula is C10H9ClF2N2. The molecule has 1 heterocycles. The van der Waals surface area contributed by atoms with Crippen molar-refractivity contribution in [2.75, 3.05) is 0 Å². The van der Waals surface area contributed by atoms with Gasteiger partial charge in [-0.25, -0.2) is 13.8 Å². The lowest BCUT2D eigenvalue weighted by atomic mass is 10.0. The van der Waals surface area contributed by atoms with E-state index in [1.807, 2.05) is 0 Å². The highest BCUT2D eigenvalue weighted by Crippen LogP contribution is 2.32. The molecule has 0 radical (unpaired) electrons. The van der Waals surface area contributed by atoms with Crippen LogP contribution in [0.2, 0.25) is 5.28 Å². The first kappa shape index (κ1) is 10.4. The Balaban J connectivity index is 2.88. The van der Waals surface area contributed by atoms with Crippen LogP contribution in [-0.4, -0.2) is 9.97 Å². The van der Waals surface area contributed by atoms with E-state index in [1.165, 1.54) is 0 Å². The number of aromatic nitrogens is 2. The molecule has 1 aromatic heterocycles. The summed E-state index contributed by atoms with van der Waals surface area (Å²) in [6, 6.07) is 1.77. The monoisotopic (exact) mass is 230 g/mol. The van der Waals surface area contributed by atoms with Gasteiger partial charge in [-0.15, -0.1) is 0 Å². The molecule has 15 heavy (non-hydrogen) atoms. The minimum Gasteiger partial charge on any atom is -0.329 e. The van der Waals surface area contributed by atoms with Crippen LogP contribution in [0.15, 0.2) is 6.07 Å². The smallest absolute Gasteiger partial charge is 0.266 e. The van der Waals surface area contributed by atoms with E-state index >= 15 is 0 Å². The lowest BCUT2D eigenvalue weighted by molar-refractivity contribution is 0.152. The van der Waals surface area contributed by atoms with E-state index in [2.05, 4.69) is 9.97 Å². The molecule has 5 heteroatoms. The van der Waals surface area contributed by atoms with Crippen LogP contribution in [0.3, 0.4) is 0 Å². The molecule has 0 aliphatic carbocycles. The maximum atomic E-state index is 12.9. The zero-order chi connectivity index (χ0) is 11.2. The fourth-order valence-corrected chi connectivity index (χ4v) is 1.83. The van der Waals surface area contributed by atoms with Gasteiger partial charge in [0.1, 0.15) is 0 Å². The van der Waals surface area contributed by atoms with Gasteiger partial charge in [0.2, 0.25) is 5.28 Å². The standard InChI is InChI=1S/C10H9ClF2N2/c1-4-3-6-8(15-10(11)14-6)7(5(4)2)9(12)13/h3,9H,1-2H3,(H,14,15). The Bertz CT molecular complexity index is 520. The molecule has 0 spiro atoms. The maximum absolute atomic E-state index is 12.9. The van der Waals surface area contributed by atoms with Crippen LogP contribution in [0.25, 0.3) is 11.0 Å². The number of rotatable bonds is 1. The van der Waals surface area contributed by atoms with E-state index < -0.39 is 6.43 Å². The fourth-order valence-electron chi connectivity index (χ4n) is 1.65. The molecule has 0 atom stereocenters. The predicted octanol–water partition coefficient (Wildman–Crippen LogP) is 3.77. The molecule has 0 saturated carbocycles. The minimum absolute atomic E-state index is 0.0341. The van der Waals surface area contributed by atoms with Gasteiger partial charge in [0.05, 0.1) is 11.0 Å². The number of hydrogen-bond acceptors (Lipinski definition) is 1. The summed E-state index contributed by atoms with van der Waals surface area (Å²) in [5, 5.41) is 0.136. The van der Waals surface area contributed by atoms with Crippen molar-refractivity contribution in [2.45, 2.75) is 20.3 Å². The summed E-state index contributed by atoms with van der Waals surface area (Å²) in [4.78, 5) is 6.61. The fraction of sp³-hybridized carbons (Fsp3) is 0.300. The first-order valence-electron chi connectivity index (χ1n) is 4.44. The van der Waals surface area contributed by atoms with Gasteiger partial charge in [-0.1, -0.05) is 0 Å². The Morgan fingerprint density at radius 1 is 1.40 bits per heavy atom. The highest BCUT2D eigenvalue weighted by atomic mass is 35.5. The number of H-pyrrole nitrogens is 1. The van der Waals surface area contributed by atoms with Gasteiger partial charge >= 0.3 is 0 Å². The topological polar surface area (TPSA) is 28.7 Å². The predicted molar refractivity (Wildman–Crippen MR) is 55.5 cm³/mol. The number of alkyl halides is 2. The molecule has 2 rings (SSSR count). The third kappa shape index (κ3) is 1.59. The van der Waals surface area contributed by atoms with Crippen LogP contribution < -0.4 is 0 Å². The summed E-state index contributed by atoms with van der Waals surface area (Å²) >= 11 is 5.65. The summed E-state index contributed by atoms with van der Waals surface area (Å²) in [5.74, 6) is 0. The molecule has 0 saturated heterocycles. The van der Waals surface area contributed by atoms with Crippen LogP contribution in [0.4, 0.5) is 8.78 Å². The maximum Gasteiger partial charge on any atom is 0.266 e. The molecule has 0 unspecified atom stereocenters. The number of hydrogen-bond donors (Lipinski definition) is 1. The molecular weight excluding hydrogens is 222 g/mol. The summed E-state index contributed by atoms with van der Waals surface area (Å²) < 4.78 is 25.7. The van der Waals surface area contributed by atoms with Crippen molar-refractivity contribution in [2.24, 2.45) is 0 Å². The highest BCUT2D eigenvalue weighted by molar-refractivity contribution is 6.29. The number of aromatic amines is 1. The first-order valence-corrected chi connectivity index (χ1v) is 4.82. The van der Waals surface area contributed by atoms with Gasteiger partial charge in [0.25, 0.3) is 6.43 Å². The number of benzene rings is 1. The van der Waals surface area contributed by atoms with E-state index in [0.717, 1.165) is 5.56 Å². The van der Waals surface area contributed by atoms with Crippen molar-refractivity contribution in [1.29, 1.82) is 0 Å². The van der Waals surface area contributed by atoms with E-state index in [0.29, 0.717) is 11.1 Å². The van der Waals surface area contributed by atoms with E-state index in [-0.39, 0.29) is 16.4 Å². The third-order valence-electron chi connectivity index (χ3n) is 2.53. The number of aryl methyl sites for hydroxylation is 1. The van der Waals surface area contributed by atoms with Gasteiger partial charge in [-0.2, -0.15) is 0 Å². The van der Waals surface area contributed by atoms with Gasteiger partial charge in [-0.05, 0) is 42.6 Å². The van der Waals surface area contributed by atoms with Gasteiger partial charge in [-0.3, -0.25) is 0 Å². The summed E-state index contributed by atoms with van der Waals surface area (Å²) in [7, 11) is 0. The van der Waals surface area contributed by atoms with E-state index in [9.17, 15) is 8.78 Å². The van der Waals surface area contributed by atoms with Crippen molar-refractivity contribution < 1.29 is 8.78 Å². The number of nitrogens with zero attached hydrogens (tertiary/aromatic N) is 1. The first-order chi connectivity index (χ1) is 7.00. The summed E-state index contributed by atoms with van der Waals surface area (Å²) in [6.45, 7) is 3.45. The second-order valence-electron chi connectivity index (χ2n) is 3.46. The Kier molecular flexibility index (Phi) is 2.38. The second-order valence-corrected chi connectivity index (χ2v) is 3.81. The normalized spacial score (nSPS) is 11.6. The molecule has 0 bridgehead atoms. The Morgan fingerprint density at radius 3 is 2.67 bits per heavy atom. The third-order valence-corrected chi connectivity index (χ3v) is 2.71. The molecule has 0 fully saturated rings. The van der Waals surface area contributed by atoms with Gasteiger partial charge < -0.3 is 4.98 Å². The van der Waals surface area contributed by atoms with E-state index in [1.54, 1.807) is 19.9 Å². The largest absolute Gasteiger partial charge is 0.329 e. The average molecular weight is 231 g/mol. The van der Waals surface area contributed by atoms with Gasteiger partial charge in [0.15, 0.2) is 0 Å². The van der Waals surface area contributed by atoms with Crippen molar-refractivity contribution in [3.8, 4) is 0 Å². The number of halogens is 3. The van der Waals surface area contributed by atoms with Crippen molar-refractivity contribution in [3.63, 3.8) is 0 Å². The molecule has 0 aliphatic heterocycles. The molecule has 0 amide bonds. The van der Waals surface area contributed by atoms with Crippen molar-refractivity contribution in [1.82, 2.24) is 9.97 Å². The van der Waals surface area contributed by atoms with Crippen LogP contribution in [0.5, 0.6) is 0 Å². The van der Waals surface area contributed by atoms with Crippen LogP contribution in [0.1, 0.15) is 23.1 Å². The molecule has 80 valence electrons. The molecule has 1 N–H and O–H groups in total.